The second-order valence-corrected chi connectivity index (χ2v) is 7.61. The summed E-state index contributed by atoms with van der Waals surface area (Å²) in [6.45, 7) is 4.18. The summed E-state index contributed by atoms with van der Waals surface area (Å²) in [5.74, 6) is 1.84. The predicted octanol–water partition coefficient (Wildman–Crippen LogP) is 5.38. The molecule has 0 radical (unpaired) electrons. The van der Waals surface area contributed by atoms with Gasteiger partial charge in [-0.05, 0) is 48.7 Å². The monoisotopic (exact) mass is 398 g/mol. The lowest BCUT2D eigenvalue weighted by atomic mass is 9.94. The molecule has 1 aromatic heterocycles. The van der Waals surface area contributed by atoms with E-state index in [4.69, 9.17) is 9.47 Å². The van der Waals surface area contributed by atoms with Gasteiger partial charge in [-0.1, -0.05) is 48.5 Å². The highest BCUT2D eigenvalue weighted by atomic mass is 16.5. The van der Waals surface area contributed by atoms with E-state index >= 15 is 0 Å². The number of ether oxygens (including phenoxy) is 2. The Hall–Kier alpha value is -3.24. The molecule has 0 fully saturated rings. The van der Waals surface area contributed by atoms with Crippen LogP contribution in [-0.2, 0) is 13.0 Å². The number of nitrogens with one attached hydrogen (secondary N) is 2. The lowest BCUT2D eigenvalue weighted by molar-refractivity contribution is 0.300. The van der Waals surface area contributed by atoms with Crippen LogP contribution in [0.25, 0.3) is 10.9 Å². The summed E-state index contributed by atoms with van der Waals surface area (Å²) in [5.41, 5.74) is 6.07. The molecule has 0 amide bonds. The van der Waals surface area contributed by atoms with Gasteiger partial charge in [0, 0.05) is 28.7 Å². The molecular formula is C26H26N2O2. The molecular weight excluding hydrogens is 372 g/mol. The van der Waals surface area contributed by atoms with Crippen LogP contribution in [0.1, 0.15) is 35.3 Å². The van der Waals surface area contributed by atoms with E-state index in [0.29, 0.717) is 13.2 Å². The first-order chi connectivity index (χ1) is 14.8. The zero-order valence-electron chi connectivity index (χ0n) is 17.2. The van der Waals surface area contributed by atoms with Gasteiger partial charge in [-0.15, -0.1) is 0 Å². The first kappa shape index (κ1) is 18.8. The third kappa shape index (κ3) is 3.55. The number of H-pyrrole nitrogens is 1. The largest absolute Gasteiger partial charge is 0.494 e. The molecule has 0 spiro atoms. The molecule has 0 saturated heterocycles. The number of hydrogen-bond acceptors (Lipinski definition) is 3. The molecule has 2 heterocycles. The van der Waals surface area contributed by atoms with Crippen molar-refractivity contribution in [2.45, 2.75) is 26.0 Å². The number of fused-ring (bicyclic) bond motifs is 3. The number of aromatic nitrogens is 1. The molecule has 152 valence electrons. The van der Waals surface area contributed by atoms with Crippen LogP contribution in [0.3, 0.4) is 0 Å². The predicted molar refractivity (Wildman–Crippen MR) is 120 cm³/mol. The van der Waals surface area contributed by atoms with Gasteiger partial charge >= 0.3 is 0 Å². The molecule has 1 unspecified atom stereocenters. The van der Waals surface area contributed by atoms with E-state index in [9.17, 15) is 0 Å². The van der Waals surface area contributed by atoms with Crippen molar-refractivity contribution in [1.29, 1.82) is 0 Å². The maximum Gasteiger partial charge on any atom is 0.124 e. The summed E-state index contributed by atoms with van der Waals surface area (Å²) in [6, 6.07) is 25.0. The molecule has 1 aliphatic heterocycles. The van der Waals surface area contributed by atoms with E-state index in [1.54, 1.807) is 0 Å². The topological polar surface area (TPSA) is 46.3 Å². The van der Waals surface area contributed by atoms with Crippen molar-refractivity contribution >= 4 is 10.9 Å². The van der Waals surface area contributed by atoms with Gasteiger partial charge in [0.25, 0.3) is 0 Å². The molecule has 0 bridgehead atoms. The van der Waals surface area contributed by atoms with Crippen molar-refractivity contribution in [3.63, 3.8) is 0 Å². The molecule has 0 saturated carbocycles. The normalized spacial score (nSPS) is 15.7. The summed E-state index contributed by atoms with van der Waals surface area (Å²) in [4.78, 5) is 3.66. The molecule has 4 nitrogen and oxygen atoms in total. The van der Waals surface area contributed by atoms with Crippen LogP contribution in [0, 0.1) is 0 Å². The van der Waals surface area contributed by atoms with Crippen LogP contribution in [0.15, 0.2) is 72.8 Å². The van der Waals surface area contributed by atoms with Crippen molar-refractivity contribution < 1.29 is 9.47 Å². The van der Waals surface area contributed by atoms with Gasteiger partial charge in [-0.25, -0.2) is 0 Å². The van der Waals surface area contributed by atoms with Gasteiger partial charge in [-0.3, -0.25) is 0 Å². The van der Waals surface area contributed by atoms with Crippen molar-refractivity contribution in [2.24, 2.45) is 0 Å². The molecule has 30 heavy (non-hydrogen) atoms. The fourth-order valence-electron chi connectivity index (χ4n) is 4.31. The number of rotatable bonds is 6. The summed E-state index contributed by atoms with van der Waals surface area (Å²) < 4.78 is 12.0. The SMILES string of the molecule is CCOc1ccc2[nH]c3c(c2c1)CCNC3c1ccccc1OCc1ccccc1. The molecule has 3 aromatic carbocycles. The molecule has 4 heteroatoms. The van der Waals surface area contributed by atoms with Gasteiger partial charge in [0.1, 0.15) is 18.1 Å². The second kappa shape index (κ2) is 8.25. The Morgan fingerprint density at radius 2 is 1.77 bits per heavy atom. The lowest BCUT2D eigenvalue weighted by Crippen LogP contribution is -2.30. The van der Waals surface area contributed by atoms with Gasteiger partial charge in [0.05, 0.1) is 12.6 Å². The fourth-order valence-corrected chi connectivity index (χ4v) is 4.31. The van der Waals surface area contributed by atoms with Gasteiger partial charge in [0.15, 0.2) is 0 Å². The van der Waals surface area contributed by atoms with Gasteiger partial charge in [-0.2, -0.15) is 0 Å². The van der Waals surface area contributed by atoms with E-state index in [0.717, 1.165) is 35.5 Å². The van der Waals surface area contributed by atoms with Crippen molar-refractivity contribution in [3.05, 3.63) is 95.2 Å². The molecule has 1 atom stereocenters. The molecule has 4 aromatic rings. The molecule has 0 aliphatic carbocycles. The van der Waals surface area contributed by atoms with Crippen LogP contribution in [-0.4, -0.2) is 18.1 Å². The Balaban J connectivity index is 1.50. The number of benzene rings is 3. The maximum absolute atomic E-state index is 6.24. The number of aromatic amines is 1. The standard InChI is InChI=1S/C26H26N2O2/c1-2-29-19-12-13-23-22(16-19)20-14-15-27-25(26(20)28-23)21-10-6-7-11-24(21)30-17-18-8-4-3-5-9-18/h3-13,16,25,27-28H,2,14-15,17H2,1H3. The molecule has 2 N–H and O–H groups in total. The van der Waals surface area contributed by atoms with Crippen LogP contribution >= 0.6 is 0 Å². The van der Waals surface area contributed by atoms with Gasteiger partial charge in [0.2, 0.25) is 0 Å². The first-order valence-electron chi connectivity index (χ1n) is 10.6. The lowest BCUT2D eigenvalue weighted by Gasteiger charge is -2.26. The summed E-state index contributed by atoms with van der Waals surface area (Å²) in [5, 5.41) is 4.94. The fraction of sp³-hybridized carbons (Fsp3) is 0.231. The summed E-state index contributed by atoms with van der Waals surface area (Å²) in [7, 11) is 0. The summed E-state index contributed by atoms with van der Waals surface area (Å²) in [6.07, 6.45) is 0.994. The van der Waals surface area contributed by atoms with Crippen LogP contribution in [0.4, 0.5) is 0 Å². The third-order valence-electron chi connectivity index (χ3n) is 5.70. The smallest absolute Gasteiger partial charge is 0.124 e. The van der Waals surface area contributed by atoms with E-state index in [1.165, 1.54) is 22.2 Å². The van der Waals surface area contributed by atoms with Crippen LogP contribution < -0.4 is 14.8 Å². The Labute approximate surface area is 176 Å². The zero-order chi connectivity index (χ0) is 20.3. The molecule has 1 aliphatic rings. The molecule has 5 rings (SSSR count). The minimum atomic E-state index is 0.0728. The third-order valence-corrected chi connectivity index (χ3v) is 5.70. The summed E-state index contributed by atoms with van der Waals surface area (Å²) >= 11 is 0. The highest BCUT2D eigenvalue weighted by Crippen LogP contribution is 2.38. The van der Waals surface area contributed by atoms with Crippen LogP contribution in [0.5, 0.6) is 11.5 Å². The average molecular weight is 399 g/mol. The minimum absolute atomic E-state index is 0.0728. The van der Waals surface area contributed by atoms with Gasteiger partial charge < -0.3 is 19.8 Å². The van der Waals surface area contributed by atoms with Crippen LogP contribution in [0.2, 0.25) is 0 Å². The quantitative estimate of drug-likeness (QED) is 0.458. The highest BCUT2D eigenvalue weighted by Gasteiger charge is 2.27. The Kier molecular flexibility index (Phi) is 5.16. The van der Waals surface area contributed by atoms with E-state index < -0.39 is 0 Å². The Morgan fingerprint density at radius 3 is 2.63 bits per heavy atom. The van der Waals surface area contributed by atoms with Crippen molar-refractivity contribution in [3.8, 4) is 11.5 Å². The van der Waals surface area contributed by atoms with E-state index in [2.05, 4.69) is 52.8 Å². The number of hydrogen-bond donors (Lipinski definition) is 2. The first-order valence-corrected chi connectivity index (χ1v) is 10.6. The highest BCUT2D eigenvalue weighted by molar-refractivity contribution is 5.86. The number of para-hydroxylation sites is 1. The zero-order valence-corrected chi connectivity index (χ0v) is 17.2. The Bertz CT molecular complexity index is 1150. The van der Waals surface area contributed by atoms with Crippen molar-refractivity contribution in [1.82, 2.24) is 10.3 Å². The second-order valence-electron chi connectivity index (χ2n) is 7.61. The van der Waals surface area contributed by atoms with E-state index in [-0.39, 0.29) is 6.04 Å². The Morgan fingerprint density at radius 1 is 0.933 bits per heavy atom. The average Bonchev–Trinajstić information content (AvgIpc) is 3.17. The maximum atomic E-state index is 6.24. The van der Waals surface area contributed by atoms with E-state index in [1.807, 2.05) is 37.3 Å². The van der Waals surface area contributed by atoms with Crippen molar-refractivity contribution in [2.75, 3.05) is 13.2 Å². The minimum Gasteiger partial charge on any atom is -0.494 e.